The lowest BCUT2D eigenvalue weighted by atomic mass is 10.0. The maximum absolute atomic E-state index is 5.61. The second-order valence-corrected chi connectivity index (χ2v) is 6.30. The van der Waals surface area contributed by atoms with Crippen LogP contribution in [0.2, 0.25) is 0 Å². The molecule has 1 heterocycles. The summed E-state index contributed by atoms with van der Waals surface area (Å²) >= 11 is 0. The van der Waals surface area contributed by atoms with Gasteiger partial charge in [-0.2, -0.15) is 0 Å². The largest absolute Gasteiger partial charge is 0.379 e. The molecule has 3 fully saturated rings. The molecule has 1 aliphatic heterocycles. The third-order valence-electron chi connectivity index (χ3n) is 4.49. The number of hydrogen-bond donors (Lipinski definition) is 1. The molecule has 0 aromatic heterocycles. The lowest BCUT2D eigenvalue weighted by Crippen LogP contribution is -2.41. The molecule has 3 aliphatic rings. The van der Waals surface area contributed by atoms with E-state index in [-0.39, 0.29) is 0 Å². The first-order valence-corrected chi connectivity index (χ1v) is 7.32. The third kappa shape index (κ3) is 3.43. The molecule has 3 nitrogen and oxygen atoms in total. The van der Waals surface area contributed by atoms with Crippen molar-refractivity contribution in [3.05, 3.63) is 0 Å². The Morgan fingerprint density at radius 1 is 1.00 bits per heavy atom. The highest BCUT2D eigenvalue weighted by molar-refractivity contribution is 4.87. The van der Waals surface area contributed by atoms with Crippen molar-refractivity contribution in [1.29, 1.82) is 0 Å². The van der Waals surface area contributed by atoms with E-state index in [1.165, 1.54) is 45.3 Å². The minimum absolute atomic E-state index is 0.580. The normalized spacial score (nSPS) is 33.5. The number of ether oxygens (including phenoxy) is 1. The summed E-state index contributed by atoms with van der Waals surface area (Å²) in [6, 6.07) is 0.580. The molecule has 2 unspecified atom stereocenters. The molecule has 0 radical (unpaired) electrons. The first kappa shape index (κ1) is 11.9. The highest BCUT2D eigenvalue weighted by Crippen LogP contribution is 2.34. The van der Waals surface area contributed by atoms with Crippen LogP contribution in [0.25, 0.3) is 0 Å². The van der Waals surface area contributed by atoms with Gasteiger partial charge >= 0.3 is 0 Å². The fraction of sp³-hybridized carbons (Fsp3) is 1.00. The summed E-state index contributed by atoms with van der Waals surface area (Å²) in [5.74, 6) is 2.74. The number of nitrogens with zero attached hydrogens (tertiary/aromatic N) is 1. The summed E-state index contributed by atoms with van der Waals surface area (Å²) in [5.41, 5.74) is 0. The quantitative estimate of drug-likeness (QED) is 0.724. The van der Waals surface area contributed by atoms with Gasteiger partial charge in [-0.25, -0.2) is 0 Å². The van der Waals surface area contributed by atoms with Crippen LogP contribution in [-0.2, 0) is 4.74 Å². The van der Waals surface area contributed by atoms with Crippen LogP contribution in [-0.4, -0.2) is 50.8 Å². The maximum Gasteiger partial charge on any atom is 0.0623 e. The molecule has 1 saturated heterocycles. The molecular weight excluding hydrogens is 212 g/mol. The van der Waals surface area contributed by atoms with Gasteiger partial charge in [0.2, 0.25) is 0 Å². The van der Waals surface area contributed by atoms with Gasteiger partial charge in [0.15, 0.2) is 0 Å². The van der Waals surface area contributed by atoms with Crippen LogP contribution < -0.4 is 5.32 Å². The Kier molecular flexibility index (Phi) is 3.69. The lowest BCUT2D eigenvalue weighted by molar-refractivity contribution is 0.162. The predicted octanol–water partition coefficient (Wildman–Crippen LogP) is 1.34. The molecule has 0 aromatic rings. The molecule has 1 N–H and O–H groups in total. The summed E-state index contributed by atoms with van der Waals surface area (Å²) in [4.78, 5) is 2.74. The van der Waals surface area contributed by atoms with Crippen molar-refractivity contribution in [3.8, 4) is 0 Å². The van der Waals surface area contributed by atoms with Gasteiger partial charge < -0.3 is 15.0 Å². The summed E-state index contributed by atoms with van der Waals surface area (Å²) in [6.45, 7) is 5.81. The predicted molar refractivity (Wildman–Crippen MR) is 69.0 cm³/mol. The van der Waals surface area contributed by atoms with E-state index in [0.29, 0.717) is 12.0 Å². The molecule has 0 bridgehead atoms. The molecule has 3 heteroatoms. The standard InChI is InChI=1S/C14H26N2O/c1-15-14-10-17-9-13(14)8-16(6-11-2-3-11)7-12-4-5-12/h11-15H,2-10H2,1H3. The van der Waals surface area contributed by atoms with Gasteiger partial charge in [0.05, 0.1) is 13.2 Å². The van der Waals surface area contributed by atoms with Gasteiger partial charge in [-0.3, -0.25) is 0 Å². The molecule has 0 aromatic carbocycles. The van der Waals surface area contributed by atoms with Crippen molar-refractivity contribution in [3.63, 3.8) is 0 Å². The van der Waals surface area contributed by atoms with Crippen molar-refractivity contribution in [2.24, 2.45) is 17.8 Å². The molecule has 2 aliphatic carbocycles. The maximum atomic E-state index is 5.61. The molecule has 2 saturated carbocycles. The van der Waals surface area contributed by atoms with E-state index in [2.05, 4.69) is 17.3 Å². The van der Waals surface area contributed by atoms with Crippen molar-refractivity contribution in [1.82, 2.24) is 10.2 Å². The average molecular weight is 238 g/mol. The minimum Gasteiger partial charge on any atom is -0.379 e. The minimum atomic E-state index is 0.580. The third-order valence-corrected chi connectivity index (χ3v) is 4.49. The number of rotatable bonds is 7. The summed E-state index contributed by atoms with van der Waals surface area (Å²) < 4.78 is 5.61. The van der Waals surface area contributed by atoms with Crippen molar-refractivity contribution < 1.29 is 4.74 Å². The van der Waals surface area contributed by atoms with Crippen molar-refractivity contribution in [2.75, 3.05) is 39.9 Å². The first-order chi connectivity index (χ1) is 8.35. The van der Waals surface area contributed by atoms with E-state index < -0.39 is 0 Å². The van der Waals surface area contributed by atoms with Gasteiger partial charge in [-0.05, 0) is 44.6 Å². The van der Waals surface area contributed by atoms with E-state index in [4.69, 9.17) is 4.74 Å². The second-order valence-electron chi connectivity index (χ2n) is 6.30. The van der Waals surface area contributed by atoms with Gasteiger partial charge in [0.1, 0.15) is 0 Å². The molecule has 0 amide bonds. The molecule has 98 valence electrons. The van der Waals surface area contributed by atoms with Crippen molar-refractivity contribution in [2.45, 2.75) is 31.7 Å². The van der Waals surface area contributed by atoms with Gasteiger partial charge in [0, 0.05) is 31.6 Å². The topological polar surface area (TPSA) is 24.5 Å². The molecular formula is C14H26N2O. The van der Waals surface area contributed by atoms with Crippen LogP contribution in [0.4, 0.5) is 0 Å². The first-order valence-electron chi connectivity index (χ1n) is 7.32. The van der Waals surface area contributed by atoms with E-state index in [0.717, 1.165) is 25.0 Å². The van der Waals surface area contributed by atoms with E-state index in [9.17, 15) is 0 Å². The molecule has 2 atom stereocenters. The Balaban J connectivity index is 1.50. The highest BCUT2D eigenvalue weighted by Gasteiger charge is 2.33. The Bertz CT molecular complexity index is 237. The van der Waals surface area contributed by atoms with Crippen LogP contribution in [0.3, 0.4) is 0 Å². The second kappa shape index (κ2) is 5.25. The Morgan fingerprint density at radius 2 is 1.65 bits per heavy atom. The zero-order valence-corrected chi connectivity index (χ0v) is 11.0. The fourth-order valence-electron chi connectivity index (χ4n) is 2.98. The van der Waals surface area contributed by atoms with Crippen molar-refractivity contribution >= 4 is 0 Å². The molecule has 0 spiro atoms. The van der Waals surface area contributed by atoms with Gasteiger partial charge in [-0.1, -0.05) is 0 Å². The highest BCUT2D eigenvalue weighted by atomic mass is 16.5. The zero-order chi connectivity index (χ0) is 11.7. The molecule has 17 heavy (non-hydrogen) atoms. The zero-order valence-electron chi connectivity index (χ0n) is 11.0. The average Bonchev–Trinajstić information content (AvgIpc) is 3.22. The van der Waals surface area contributed by atoms with Gasteiger partial charge in [-0.15, -0.1) is 0 Å². The van der Waals surface area contributed by atoms with Crippen LogP contribution in [0, 0.1) is 17.8 Å². The molecule has 3 rings (SSSR count). The SMILES string of the molecule is CNC1COCC1CN(CC1CC1)CC1CC1. The number of nitrogens with one attached hydrogen (secondary N) is 1. The van der Waals surface area contributed by atoms with E-state index in [1.54, 1.807) is 0 Å². The van der Waals surface area contributed by atoms with Crippen LogP contribution in [0.15, 0.2) is 0 Å². The summed E-state index contributed by atoms with van der Waals surface area (Å²) in [6.07, 6.45) is 5.88. The Morgan fingerprint density at radius 3 is 2.18 bits per heavy atom. The summed E-state index contributed by atoms with van der Waals surface area (Å²) in [7, 11) is 2.07. The van der Waals surface area contributed by atoms with E-state index in [1.807, 2.05) is 0 Å². The lowest BCUT2D eigenvalue weighted by Gasteiger charge is -2.27. The Labute approximate surface area is 105 Å². The van der Waals surface area contributed by atoms with Crippen LogP contribution in [0.5, 0.6) is 0 Å². The van der Waals surface area contributed by atoms with E-state index >= 15 is 0 Å². The van der Waals surface area contributed by atoms with Crippen LogP contribution in [0.1, 0.15) is 25.7 Å². The number of likely N-dealkylation sites (N-methyl/N-ethyl adjacent to an activating group) is 1. The Hall–Kier alpha value is -0.120. The summed E-state index contributed by atoms with van der Waals surface area (Å²) in [5, 5.41) is 3.41. The monoisotopic (exact) mass is 238 g/mol. The van der Waals surface area contributed by atoms with Gasteiger partial charge in [0.25, 0.3) is 0 Å². The number of hydrogen-bond acceptors (Lipinski definition) is 3. The smallest absolute Gasteiger partial charge is 0.0623 e. The fourth-order valence-corrected chi connectivity index (χ4v) is 2.98. The van der Waals surface area contributed by atoms with Crippen LogP contribution >= 0.6 is 0 Å².